The van der Waals surface area contributed by atoms with E-state index in [1.165, 1.54) is 16.4 Å². The van der Waals surface area contributed by atoms with Gasteiger partial charge in [-0.05, 0) is 31.5 Å². The van der Waals surface area contributed by atoms with Crippen molar-refractivity contribution in [2.45, 2.75) is 11.3 Å². The number of nitrogens with zero attached hydrogens (tertiary/aromatic N) is 4. The minimum Gasteiger partial charge on any atom is -0.396 e. The fraction of sp³-hybridized carbons (Fsp3) is 0.667. The van der Waals surface area contributed by atoms with Crippen LogP contribution in [0.2, 0.25) is 0 Å². The molecule has 0 aromatic heterocycles. The maximum absolute atomic E-state index is 12.9. The minimum atomic E-state index is -3.80. The molecule has 2 heterocycles. The Balaban J connectivity index is 1.86. The van der Waals surface area contributed by atoms with Crippen LogP contribution in [0, 0.1) is 22.0 Å². The standard InChI is InChI=1S/C18H28N4O6S/c1-19-6-8-21(9-7-19)29(27,28)16-2-3-17(18(10-16)22(25)26)20-5-4-14(11-20)15(12-23)13-24/h2-3,10,14-15,23-24H,4-9,11-13H2,1H3. The molecule has 3 rings (SSSR count). The van der Waals surface area contributed by atoms with Crippen molar-refractivity contribution in [1.29, 1.82) is 0 Å². The van der Waals surface area contributed by atoms with Crippen LogP contribution in [-0.4, -0.2) is 92.3 Å². The predicted octanol–water partition coefficient (Wildman–Crippen LogP) is -0.0420. The van der Waals surface area contributed by atoms with Crippen molar-refractivity contribution in [2.24, 2.45) is 11.8 Å². The Morgan fingerprint density at radius 1 is 1.17 bits per heavy atom. The molecule has 0 saturated carbocycles. The highest BCUT2D eigenvalue weighted by atomic mass is 32.2. The van der Waals surface area contributed by atoms with Gasteiger partial charge in [-0.25, -0.2) is 8.42 Å². The summed E-state index contributed by atoms with van der Waals surface area (Å²) in [5, 5.41) is 30.5. The van der Waals surface area contributed by atoms with Gasteiger partial charge in [-0.15, -0.1) is 0 Å². The molecule has 0 amide bonds. The van der Waals surface area contributed by atoms with E-state index in [0.717, 1.165) is 6.07 Å². The second-order valence-corrected chi connectivity index (χ2v) is 9.67. The van der Waals surface area contributed by atoms with Crippen LogP contribution in [-0.2, 0) is 10.0 Å². The third-order valence-electron chi connectivity index (χ3n) is 5.94. The molecule has 1 unspecified atom stereocenters. The number of anilines is 1. The van der Waals surface area contributed by atoms with Crippen molar-refractivity contribution in [2.75, 3.05) is 64.4 Å². The molecule has 0 spiro atoms. The number of piperazine rings is 1. The number of aliphatic hydroxyl groups excluding tert-OH is 2. The molecule has 10 nitrogen and oxygen atoms in total. The van der Waals surface area contributed by atoms with Gasteiger partial charge in [0.1, 0.15) is 5.69 Å². The average Bonchev–Trinajstić information content (AvgIpc) is 3.18. The van der Waals surface area contributed by atoms with Crippen LogP contribution in [0.25, 0.3) is 0 Å². The Morgan fingerprint density at radius 2 is 1.83 bits per heavy atom. The fourth-order valence-electron chi connectivity index (χ4n) is 4.00. The quantitative estimate of drug-likeness (QED) is 0.457. The lowest BCUT2D eigenvalue weighted by Crippen LogP contribution is -2.47. The van der Waals surface area contributed by atoms with E-state index < -0.39 is 14.9 Å². The fourth-order valence-corrected chi connectivity index (χ4v) is 5.44. The first-order valence-electron chi connectivity index (χ1n) is 9.71. The van der Waals surface area contributed by atoms with E-state index in [1.807, 2.05) is 16.8 Å². The summed E-state index contributed by atoms with van der Waals surface area (Å²) < 4.78 is 27.2. The largest absolute Gasteiger partial charge is 0.396 e. The van der Waals surface area contributed by atoms with E-state index in [-0.39, 0.29) is 35.6 Å². The van der Waals surface area contributed by atoms with Crippen molar-refractivity contribution in [1.82, 2.24) is 9.21 Å². The number of sulfonamides is 1. The van der Waals surface area contributed by atoms with Gasteiger partial charge in [-0.1, -0.05) is 0 Å². The van der Waals surface area contributed by atoms with Crippen molar-refractivity contribution in [3.63, 3.8) is 0 Å². The summed E-state index contributed by atoms with van der Waals surface area (Å²) in [4.78, 5) is 14.9. The first-order chi connectivity index (χ1) is 13.8. The van der Waals surface area contributed by atoms with Crippen molar-refractivity contribution in [3.8, 4) is 0 Å². The number of hydrogen-bond donors (Lipinski definition) is 2. The van der Waals surface area contributed by atoms with Gasteiger partial charge in [0, 0.05) is 64.5 Å². The van der Waals surface area contributed by atoms with E-state index >= 15 is 0 Å². The number of aliphatic hydroxyl groups is 2. The van der Waals surface area contributed by atoms with Crippen molar-refractivity contribution in [3.05, 3.63) is 28.3 Å². The van der Waals surface area contributed by atoms with E-state index in [4.69, 9.17) is 0 Å². The third-order valence-corrected chi connectivity index (χ3v) is 7.84. The number of hydrogen-bond acceptors (Lipinski definition) is 8. The Kier molecular flexibility index (Phi) is 6.74. The third kappa shape index (κ3) is 4.53. The van der Waals surface area contributed by atoms with E-state index in [0.29, 0.717) is 51.4 Å². The summed E-state index contributed by atoms with van der Waals surface area (Å²) in [5.41, 5.74) is 0.120. The summed E-state index contributed by atoms with van der Waals surface area (Å²) in [6.45, 7) is 2.68. The first kappa shape index (κ1) is 21.9. The Bertz CT molecular complexity index is 837. The summed E-state index contributed by atoms with van der Waals surface area (Å²) in [7, 11) is -1.87. The second-order valence-electron chi connectivity index (χ2n) is 7.73. The normalized spacial score (nSPS) is 21.8. The molecule has 1 aromatic rings. The molecule has 1 aromatic carbocycles. The number of likely N-dealkylation sites (N-methyl/N-ethyl adjacent to an activating group) is 1. The topological polar surface area (TPSA) is 127 Å². The van der Waals surface area contributed by atoms with E-state index in [1.54, 1.807) is 0 Å². The van der Waals surface area contributed by atoms with Gasteiger partial charge in [0.2, 0.25) is 10.0 Å². The first-order valence-corrected chi connectivity index (χ1v) is 11.2. The number of nitro groups is 1. The van der Waals surface area contributed by atoms with Crippen LogP contribution in [0.4, 0.5) is 11.4 Å². The van der Waals surface area contributed by atoms with Crippen LogP contribution >= 0.6 is 0 Å². The number of nitro benzene ring substituents is 1. The van der Waals surface area contributed by atoms with Gasteiger partial charge in [0.25, 0.3) is 5.69 Å². The highest BCUT2D eigenvalue weighted by Gasteiger charge is 2.34. The molecule has 2 aliphatic rings. The van der Waals surface area contributed by atoms with Crippen LogP contribution in [0.15, 0.2) is 23.1 Å². The number of rotatable bonds is 7. The van der Waals surface area contributed by atoms with Crippen molar-refractivity contribution < 1.29 is 23.6 Å². The Hall–Kier alpha value is -1.79. The molecule has 1 atom stereocenters. The van der Waals surface area contributed by atoms with Gasteiger partial charge in [0.05, 0.1) is 9.82 Å². The van der Waals surface area contributed by atoms with E-state index in [9.17, 15) is 28.7 Å². The lowest BCUT2D eigenvalue weighted by atomic mass is 9.93. The molecular formula is C18H28N4O6S. The number of benzene rings is 1. The molecule has 0 radical (unpaired) electrons. The van der Waals surface area contributed by atoms with Gasteiger partial charge in [0.15, 0.2) is 0 Å². The van der Waals surface area contributed by atoms with Crippen LogP contribution < -0.4 is 4.90 Å². The average molecular weight is 429 g/mol. The highest BCUT2D eigenvalue weighted by molar-refractivity contribution is 7.89. The predicted molar refractivity (Wildman–Crippen MR) is 107 cm³/mol. The molecule has 162 valence electrons. The van der Waals surface area contributed by atoms with Gasteiger partial charge >= 0.3 is 0 Å². The Morgan fingerprint density at radius 3 is 2.41 bits per heavy atom. The van der Waals surface area contributed by atoms with Crippen LogP contribution in [0.5, 0.6) is 0 Å². The smallest absolute Gasteiger partial charge is 0.293 e. The van der Waals surface area contributed by atoms with Crippen molar-refractivity contribution >= 4 is 21.4 Å². The lowest BCUT2D eigenvalue weighted by molar-refractivity contribution is -0.384. The molecule has 29 heavy (non-hydrogen) atoms. The van der Waals surface area contributed by atoms with Gasteiger partial charge < -0.3 is 20.0 Å². The van der Waals surface area contributed by atoms with Gasteiger partial charge in [-0.3, -0.25) is 10.1 Å². The maximum atomic E-state index is 12.9. The summed E-state index contributed by atoms with van der Waals surface area (Å²) in [6, 6.07) is 4.07. The van der Waals surface area contributed by atoms with Crippen LogP contribution in [0.1, 0.15) is 6.42 Å². The highest BCUT2D eigenvalue weighted by Crippen LogP contribution is 2.36. The molecule has 11 heteroatoms. The molecular weight excluding hydrogens is 400 g/mol. The maximum Gasteiger partial charge on any atom is 0.293 e. The molecule has 2 saturated heterocycles. The van der Waals surface area contributed by atoms with Gasteiger partial charge in [-0.2, -0.15) is 4.31 Å². The molecule has 0 aliphatic carbocycles. The zero-order valence-electron chi connectivity index (χ0n) is 16.5. The SMILES string of the molecule is CN1CCN(S(=O)(=O)c2ccc(N3CCC(C(CO)CO)C3)c([N+](=O)[O-])c2)CC1. The Labute approximate surface area is 170 Å². The molecule has 0 bridgehead atoms. The minimum absolute atomic E-state index is 0.0263. The molecule has 2 aliphatic heterocycles. The molecule has 2 N–H and O–H groups in total. The lowest BCUT2D eigenvalue weighted by Gasteiger charge is -2.31. The monoisotopic (exact) mass is 428 g/mol. The zero-order valence-corrected chi connectivity index (χ0v) is 17.3. The summed E-state index contributed by atoms with van der Waals surface area (Å²) in [5.74, 6) is -0.241. The zero-order chi connectivity index (χ0) is 21.2. The summed E-state index contributed by atoms with van der Waals surface area (Å²) in [6.07, 6.45) is 0.699. The second kappa shape index (κ2) is 8.92. The van der Waals surface area contributed by atoms with Crippen LogP contribution in [0.3, 0.4) is 0 Å². The molecule has 2 fully saturated rings. The summed E-state index contributed by atoms with van der Waals surface area (Å²) >= 11 is 0. The van der Waals surface area contributed by atoms with E-state index in [2.05, 4.69) is 0 Å².